The van der Waals surface area contributed by atoms with Crippen molar-refractivity contribution in [1.82, 2.24) is 15.0 Å². The summed E-state index contributed by atoms with van der Waals surface area (Å²) < 4.78 is 10.3. The standard InChI is InChI=1S/C12H11ClN4O4/c1-6-4-7(2)9(8(5-6)17(18)19)21-12-15-10(13)14-11(16-12)20-3/h4-5H,1-3H3. The minimum Gasteiger partial charge on any atom is -0.467 e. The predicted octanol–water partition coefficient (Wildman–Crippen LogP) is 2.85. The van der Waals surface area contributed by atoms with Crippen LogP contribution >= 0.6 is 11.6 Å². The van der Waals surface area contributed by atoms with E-state index in [-0.39, 0.29) is 28.7 Å². The van der Waals surface area contributed by atoms with Crippen molar-refractivity contribution < 1.29 is 14.4 Å². The quantitative estimate of drug-likeness (QED) is 0.632. The van der Waals surface area contributed by atoms with Gasteiger partial charge in [0.1, 0.15) is 0 Å². The van der Waals surface area contributed by atoms with Gasteiger partial charge in [-0.3, -0.25) is 10.1 Å². The Bertz CT molecular complexity index is 708. The second kappa shape index (κ2) is 5.88. The normalized spacial score (nSPS) is 10.3. The topological polar surface area (TPSA) is 100 Å². The first-order valence-corrected chi connectivity index (χ1v) is 6.17. The summed E-state index contributed by atoms with van der Waals surface area (Å²) in [5, 5.41) is 11.0. The highest BCUT2D eigenvalue weighted by Gasteiger charge is 2.21. The van der Waals surface area contributed by atoms with Crippen LogP contribution in [0.1, 0.15) is 11.1 Å². The van der Waals surface area contributed by atoms with Crippen LogP contribution in [0.3, 0.4) is 0 Å². The second-order valence-corrected chi connectivity index (χ2v) is 4.50. The molecule has 1 aromatic carbocycles. The summed E-state index contributed by atoms with van der Waals surface area (Å²) in [7, 11) is 1.36. The molecular weight excluding hydrogens is 300 g/mol. The van der Waals surface area contributed by atoms with Crippen LogP contribution in [0.4, 0.5) is 5.69 Å². The first-order chi connectivity index (χ1) is 9.90. The molecule has 2 aromatic rings. The van der Waals surface area contributed by atoms with Crippen LogP contribution < -0.4 is 9.47 Å². The fraction of sp³-hybridized carbons (Fsp3) is 0.250. The fourth-order valence-electron chi connectivity index (χ4n) is 1.74. The number of halogens is 1. The van der Waals surface area contributed by atoms with Crippen LogP contribution in [0.2, 0.25) is 5.28 Å². The van der Waals surface area contributed by atoms with Crippen LogP contribution in [0.25, 0.3) is 0 Å². The number of rotatable bonds is 4. The molecule has 110 valence electrons. The summed E-state index contributed by atoms with van der Waals surface area (Å²) in [4.78, 5) is 21.9. The number of aryl methyl sites for hydroxylation is 2. The molecule has 0 bridgehead atoms. The summed E-state index contributed by atoms with van der Waals surface area (Å²) in [6, 6.07) is 2.93. The van der Waals surface area contributed by atoms with Crippen LogP contribution in [-0.4, -0.2) is 27.0 Å². The van der Waals surface area contributed by atoms with E-state index in [4.69, 9.17) is 21.1 Å². The molecule has 1 heterocycles. The Hall–Kier alpha value is -2.48. The molecular formula is C12H11ClN4O4. The Kier molecular flexibility index (Phi) is 4.18. The minimum absolute atomic E-state index is 0.0441. The lowest BCUT2D eigenvalue weighted by Gasteiger charge is -2.09. The van der Waals surface area contributed by atoms with Crippen LogP contribution in [0.15, 0.2) is 12.1 Å². The van der Waals surface area contributed by atoms with Gasteiger partial charge in [0.05, 0.1) is 12.0 Å². The van der Waals surface area contributed by atoms with Crippen molar-refractivity contribution in [2.24, 2.45) is 0 Å². The highest BCUT2D eigenvalue weighted by Crippen LogP contribution is 2.34. The molecule has 0 amide bonds. The van der Waals surface area contributed by atoms with Gasteiger partial charge >= 0.3 is 17.7 Å². The number of ether oxygens (including phenoxy) is 2. The highest BCUT2D eigenvalue weighted by molar-refractivity contribution is 6.28. The highest BCUT2D eigenvalue weighted by atomic mass is 35.5. The van der Waals surface area contributed by atoms with Crippen LogP contribution in [-0.2, 0) is 0 Å². The molecule has 0 aliphatic heterocycles. The molecule has 0 unspecified atom stereocenters. The van der Waals surface area contributed by atoms with Gasteiger partial charge in [0.2, 0.25) is 11.0 Å². The average Bonchev–Trinajstić information content (AvgIpc) is 2.40. The maximum absolute atomic E-state index is 11.1. The summed E-state index contributed by atoms with van der Waals surface area (Å²) in [6.07, 6.45) is 0. The van der Waals surface area contributed by atoms with E-state index in [1.54, 1.807) is 19.9 Å². The molecule has 0 aliphatic carbocycles. The van der Waals surface area contributed by atoms with Crippen molar-refractivity contribution in [2.45, 2.75) is 13.8 Å². The Morgan fingerprint density at radius 2 is 1.86 bits per heavy atom. The van der Waals surface area contributed by atoms with E-state index in [1.165, 1.54) is 13.2 Å². The maximum atomic E-state index is 11.1. The van der Waals surface area contributed by atoms with E-state index >= 15 is 0 Å². The molecule has 0 aliphatic rings. The average molecular weight is 311 g/mol. The van der Waals surface area contributed by atoms with Crippen molar-refractivity contribution in [3.8, 4) is 17.8 Å². The summed E-state index contributed by atoms with van der Waals surface area (Å²) in [5.74, 6) is 0.0509. The minimum atomic E-state index is -0.532. The molecule has 0 atom stereocenters. The smallest absolute Gasteiger partial charge is 0.329 e. The van der Waals surface area contributed by atoms with E-state index in [9.17, 15) is 10.1 Å². The van der Waals surface area contributed by atoms with Crippen molar-refractivity contribution >= 4 is 17.3 Å². The zero-order valence-corrected chi connectivity index (χ0v) is 12.2. The lowest BCUT2D eigenvalue weighted by atomic mass is 10.1. The molecule has 0 fully saturated rings. The van der Waals surface area contributed by atoms with Crippen molar-refractivity contribution in [3.05, 3.63) is 38.7 Å². The number of nitro benzene ring substituents is 1. The fourth-order valence-corrected chi connectivity index (χ4v) is 1.89. The molecule has 21 heavy (non-hydrogen) atoms. The number of nitrogens with zero attached hydrogens (tertiary/aromatic N) is 4. The molecule has 9 heteroatoms. The van der Waals surface area contributed by atoms with Gasteiger partial charge in [0, 0.05) is 6.07 Å². The lowest BCUT2D eigenvalue weighted by molar-refractivity contribution is -0.385. The molecule has 0 N–H and O–H groups in total. The first kappa shape index (κ1) is 14.9. The number of hydrogen-bond acceptors (Lipinski definition) is 7. The third-order valence-corrected chi connectivity index (χ3v) is 2.71. The Morgan fingerprint density at radius 3 is 2.48 bits per heavy atom. The molecule has 0 saturated carbocycles. The number of nitro groups is 1. The van der Waals surface area contributed by atoms with Crippen molar-refractivity contribution in [1.29, 1.82) is 0 Å². The summed E-state index contributed by atoms with van der Waals surface area (Å²) in [5.41, 5.74) is 1.15. The van der Waals surface area contributed by atoms with Crippen molar-refractivity contribution in [2.75, 3.05) is 7.11 Å². The number of aromatic nitrogens is 3. The van der Waals surface area contributed by atoms with E-state index < -0.39 is 4.92 Å². The monoisotopic (exact) mass is 310 g/mol. The van der Waals surface area contributed by atoms with Gasteiger partial charge in [0.15, 0.2) is 0 Å². The summed E-state index contributed by atoms with van der Waals surface area (Å²) in [6.45, 7) is 3.45. The number of methoxy groups -OCH3 is 1. The van der Waals surface area contributed by atoms with E-state index in [1.807, 2.05) is 0 Å². The number of hydrogen-bond donors (Lipinski definition) is 0. The Morgan fingerprint density at radius 1 is 1.19 bits per heavy atom. The van der Waals surface area contributed by atoms with Gasteiger partial charge in [-0.15, -0.1) is 4.98 Å². The predicted molar refractivity (Wildman–Crippen MR) is 74.0 cm³/mol. The van der Waals surface area contributed by atoms with Crippen molar-refractivity contribution in [3.63, 3.8) is 0 Å². The maximum Gasteiger partial charge on any atom is 0.329 e. The van der Waals surface area contributed by atoms with Crippen LogP contribution in [0, 0.1) is 24.0 Å². The van der Waals surface area contributed by atoms with Gasteiger partial charge in [0.25, 0.3) is 0 Å². The molecule has 0 spiro atoms. The third-order valence-electron chi connectivity index (χ3n) is 2.54. The zero-order valence-electron chi connectivity index (χ0n) is 11.5. The van der Waals surface area contributed by atoms with Gasteiger partial charge in [-0.2, -0.15) is 9.97 Å². The SMILES string of the molecule is COc1nc(Cl)nc(Oc2c(C)cc(C)cc2[N+](=O)[O-])n1. The van der Waals surface area contributed by atoms with Crippen LogP contribution in [0.5, 0.6) is 17.8 Å². The van der Waals surface area contributed by atoms with Gasteiger partial charge < -0.3 is 9.47 Å². The van der Waals surface area contributed by atoms with E-state index in [0.29, 0.717) is 5.56 Å². The zero-order chi connectivity index (χ0) is 15.6. The summed E-state index contributed by atoms with van der Waals surface area (Å²) >= 11 is 5.71. The third kappa shape index (κ3) is 3.34. The molecule has 0 radical (unpaired) electrons. The molecule has 8 nitrogen and oxygen atoms in total. The first-order valence-electron chi connectivity index (χ1n) is 5.79. The van der Waals surface area contributed by atoms with E-state index in [0.717, 1.165) is 5.56 Å². The largest absolute Gasteiger partial charge is 0.467 e. The van der Waals surface area contributed by atoms with E-state index in [2.05, 4.69) is 15.0 Å². The Balaban J connectivity index is 2.48. The van der Waals surface area contributed by atoms with Gasteiger partial charge in [-0.25, -0.2) is 0 Å². The molecule has 1 aromatic heterocycles. The lowest BCUT2D eigenvalue weighted by Crippen LogP contribution is -2.02. The molecule has 2 rings (SSSR count). The number of benzene rings is 1. The molecule has 0 saturated heterocycles. The second-order valence-electron chi connectivity index (χ2n) is 4.16. The van der Waals surface area contributed by atoms with Gasteiger partial charge in [-0.05, 0) is 36.6 Å². The Labute approximate surface area is 124 Å². The van der Waals surface area contributed by atoms with Gasteiger partial charge in [-0.1, -0.05) is 6.07 Å².